The second kappa shape index (κ2) is 3.11. The van der Waals surface area contributed by atoms with Gasteiger partial charge in [-0.25, -0.2) is 0 Å². The molecule has 1 aromatic carbocycles. The normalized spacial score (nSPS) is 22.3. The summed E-state index contributed by atoms with van der Waals surface area (Å²) < 4.78 is 2.55. The van der Waals surface area contributed by atoms with Gasteiger partial charge in [0.15, 0.2) is 0 Å². The van der Waals surface area contributed by atoms with E-state index in [1.54, 1.807) is 0 Å². The summed E-state index contributed by atoms with van der Waals surface area (Å²) in [5.41, 5.74) is 2.11. The van der Waals surface area contributed by atoms with Gasteiger partial charge in [0.2, 0.25) is 0 Å². The molecular formula is C11H11BrIN. The molecule has 2 fully saturated rings. The Bertz CT molecular complexity index is 379. The minimum Gasteiger partial charge on any atom is -0.369 e. The molecule has 1 saturated heterocycles. The summed E-state index contributed by atoms with van der Waals surface area (Å²) in [5, 5.41) is 0. The summed E-state index contributed by atoms with van der Waals surface area (Å²) in [6, 6.07) is 6.55. The average Bonchev–Trinajstić information content (AvgIpc) is 2.86. The fourth-order valence-electron chi connectivity index (χ4n) is 2.15. The number of nitrogens with zero attached hydrogens (tertiary/aromatic N) is 1. The number of rotatable bonds is 1. The molecular weight excluding hydrogens is 353 g/mol. The van der Waals surface area contributed by atoms with Crippen LogP contribution in [0.4, 0.5) is 5.69 Å². The largest absolute Gasteiger partial charge is 0.369 e. The topological polar surface area (TPSA) is 3.24 Å². The van der Waals surface area contributed by atoms with E-state index in [2.05, 4.69) is 61.6 Å². The van der Waals surface area contributed by atoms with Gasteiger partial charge in [0.05, 0.1) is 5.69 Å². The van der Waals surface area contributed by atoms with Crippen LogP contribution in [-0.4, -0.2) is 13.1 Å². The highest BCUT2D eigenvalue weighted by atomic mass is 127. The molecule has 1 nitrogen and oxygen atoms in total. The molecule has 3 heteroatoms. The fraction of sp³-hybridized carbons (Fsp3) is 0.455. The van der Waals surface area contributed by atoms with E-state index in [0.29, 0.717) is 0 Å². The first-order chi connectivity index (χ1) is 6.69. The van der Waals surface area contributed by atoms with Crippen LogP contribution in [0.1, 0.15) is 12.8 Å². The summed E-state index contributed by atoms with van der Waals surface area (Å²) in [6.07, 6.45) is 2.90. The fourth-order valence-corrected chi connectivity index (χ4v) is 3.13. The van der Waals surface area contributed by atoms with Gasteiger partial charge in [-0.05, 0) is 69.6 Å². The van der Waals surface area contributed by atoms with Crippen molar-refractivity contribution in [2.24, 2.45) is 5.41 Å². The van der Waals surface area contributed by atoms with Gasteiger partial charge >= 0.3 is 0 Å². The van der Waals surface area contributed by atoms with Crippen LogP contribution in [0.25, 0.3) is 0 Å². The molecule has 1 spiro atoms. The summed E-state index contributed by atoms with van der Waals surface area (Å²) in [4.78, 5) is 2.49. The lowest BCUT2D eigenvalue weighted by molar-refractivity contribution is 0.387. The van der Waals surface area contributed by atoms with Crippen LogP contribution in [0.3, 0.4) is 0 Å². The molecule has 1 aromatic rings. The van der Waals surface area contributed by atoms with E-state index in [1.165, 1.54) is 39.7 Å². The Morgan fingerprint density at radius 2 is 2.00 bits per heavy atom. The third-order valence-corrected chi connectivity index (χ3v) is 4.60. The lowest BCUT2D eigenvalue weighted by atomic mass is 9.96. The first-order valence-corrected chi connectivity index (χ1v) is 6.76. The molecule has 0 amide bonds. The van der Waals surface area contributed by atoms with Crippen molar-refractivity contribution in [3.05, 3.63) is 26.2 Å². The van der Waals surface area contributed by atoms with Crippen molar-refractivity contribution in [3.8, 4) is 0 Å². The van der Waals surface area contributed by atoms with Crippen LogP contribution in [-0.2, 0) is 0 Å². The maximum Gasteiger partial charge on any atom is 0.0521 e. The van der Waals surface area contributed by atoms with Gasteiger partial charge in [0.25, 0.3) is 0 Å². The Morgan fingerprint density at radius 1 is 1.29 bits per heavy atom. The molecule has 1 aliphatic carbocycles. The third-order valence-electron chi connectivity index (χ3n) is 3.26. The highest BCUT2D eigenvalue weighted by Gasteiger charge is 2.52. The van der Waals surface area contributed by atoms with Gasteiger partial charge in [0.1, 0.15) is 0 Å². The maximum absolute atomic E-state index is 3.62. The second-order valence-electron chi connectivity index (χ2n) is 4.45. The molecule has 0 unspecified atom stereocenters. The van der Waals surface area contributed by atoms with Gasteiger partial charge in [-0.15, -0.1) is 0 Å². The second-order valence-corrected chi connectivity index (χ2v) is 6.55. The van der Waals surface area contributed by atoms with Gasteiger partial charge in [-0.1, -0.05) is 0 Å². The van der Waals surface area contributed by atoms with Crippen LogP contribution in [0.2, 0.25) is 0 Å². The SMILES string of the molecule is Brc1ccc(I)cc1N1CC2(CC2)C1. The smallest absolute Gasteiger partial charge is 0.0521 e. The van der Waals surface area contributed by atoms with Gasteiger partial charge < -0.3 is 4.90 Å². The van der Waals surface area contributed by atoms with E-state index in [1.807, 2.05) is 0 Å². The molecule has 1 saturated carbocycles. The Labute approximate surface area is 106 Å². The van der Waals surface area contributed by atoms with Crippen molar-refractivity contribution in [1.29, 1.82) is 0 Å². The molecule has 74 valence electrons. The Balaban J connectivity index is 1.85. The van der Waals surface area contributed by atoms with E-state index in [9.17, 15) is 0 Å². The highest BCUT2D eigenvalue weighted by Crippen LogP contribution is 2.54. The van der Waals surface area contributed by atoms with Crippen molar-refractivity contribution in [2.45, 2.75) is 12.8 Å². The predicted octanol–water partition coefficient (Wildman–Crippen LogP) is 3.65. The quantitative estimate of drug-likeness (QED) is 0.688. The lowest BCUT2D eigenvalue weighted by Gasteiger charge is -2.42. The van der Waals surface area contributed by atoms with Crippen LogP contribution < -0.4 is 4.90 Å². The predicted molar refractivity (Wildman–Crippen MR) is 70.7 cm³/mol. The zero-order valence-electron chi connectivity index (χ0n) is 7.76. The van der Waals surface area contributed by atoms with E-state index in [0.717, 1.165) is 5.41 Å². The number of hydrogen-bond donors (Lipinski definition) is 0. The molecule has 0 aromatic heterocycles. The first-order valence-electron chi connectivity index (χ1n) is 4.89. The van der Waals surface area contributed by atoms with Gasteiger partial charge in [-0.3, -0.25) is 0 Å². The average molecular weight is 364 g/mol. The molecule has 0 bridgehead atoms. The van der Waals surface area contributed by atoms with Crippen LogP contribution in [0.5, 0.6) is 0 Å². The number of hydrogen-bond acceptors (Lipinski definition) is 1. The van der Waals surface area contributed by atoms with Gasteiger partial charge in [-0.2, -0.15) is 0 Å². The summed E-state index contributed by atoms with van der Waals surface area (Å²) in [6.45, 7) is 2.54. The lowest BCUT2D eigenvalue weighted by Crippen LogP contribution is -2.48. The van der Waals surface area contributed by atoms with E-state index in [-0.39, 0.29) is 0 Å². The summed E-state index contributed by atoms with van der Waals surface area (Å²) in [7, 11) is 0. The molecule has 1 aliphatic heterocycles. The zero-order chi connectivity index (χ0) is 9.76. The molecule has 2 aliphatic rings. The standard InChI is InChI=1S/C11H11BrIN/c12-9-2-1-8(13)5-10(9)14-6-11(7-14)3-4-11/h1-2,5H,3-4,6-7H2. The summed E-state index contributed by atoms with van der Waals surface area (Å²) in [5.74, 6) is 0. The zero-order valence-corrected chi connectivity index (χ0v) is 11.5. The molecule has 0 radical (unpaired) electrons. The molecule has 3 rings (SSSR count). The van der Waals surface area contributed by atoms with Crippen LogP contribution in [0, 0.1) is 8.99 Å². The van der Waals surface area contributed by atoms with Crippen LogP contribution >= 0.6 is 38.5 Å². The van der Waals surface area contributed by atoms with Crippen molar-refractivity contribution in [2.75, 3.05) is 18.0 Å². The van der Waals surface area contributed by atoms with E-state index < -0.39 is 0 Å². The minimum atomic E-state index is 0.737. The van der Waals surface area contributed by atoms with Crippen molar-refractivity contribution in [3.63, 3.8) is 0 Å². The molecule has 0 N–H and O–H groups in total. The van der Waals surface area contributed by atoms with Gasteiger partial charge in [0, 0.05) is 26.5 Å². The van der Waals surface area contributed by atoms with Crippen molar-refractivity contribution >= 4 is 44.2 Å². The number of halogens is 2. The first kappa shape index (κ1) is 9.46. The van der Waals surface area contributed by atoms with E-state index >= 15 is 0 Å². The maximum atomic E-state index is 3.62. The number of anilines is 1. The third kappa shape index (κ3) is 1.48. The molecule has 0 atom stereocenters. The van der Waals surface area contributed by atoms with Crippen LogP contribution in [0.15, 0.2) is 22.7 Å². The number of benzene rings is 1. The Kier molecular flexibility index (Phi) is 2.10. The Hall–Kier alpha value is 0.230. The minimum absolute atomic E-state index is 0.737. The van der Waals surface area contributed by atoms with E-state index in [4.69, 9.17) is 0 Å². The Morgan fingerprint density at radius 3 is 2.64 bits per heavy atom. The molecule has 1 heterocycles. The summed E-state index contributed by atoms with van der Waals surface area (Å²) >= 11 is 5.99. The highest BCUT2D eigenvalue weighted by molar-refractivity contribution is 14.1. The van der Waals surface area contributed by atoms with Crippen molar-refractivity contribution < 1.29 is 0 Å². The molecule has 14 heavy (non-hydrogen) atoms. The monoisotopic (exact) mass is 363 g/mol. The van der Waals surface area contributed by atoms with Crippen molar-refractivity contribution in [1.82, 2.24) is 0 Å².